The van der Waals surface area contributed by atoms with Gasteiger partial charge in [-0.1, -0.05) is 6.42 Å². The second kappa shape index (κ2) is 7.73. The van der Waals surface area contributed by atoms with E-state index in [1.807, 2.05) is 6.07 Å². The first-order valence-corrected chi connectivity index (χ1v) is 9.96. The van der Waals surface area contributed by atoms with Crippen molar-refractivity contribution in [3.8, 4) is 5.88 Å². The Kier molecular flexibility index (Phi) is 5.20. The van der Waals surface area contributed by atoms with E-state index in [4.69, 9.17) is 9.72 Å². The van der Waals surface area contributed by atoms with Crippen LogP contribution in [0.3, 0.4) is 0 Å². The fourth-order valence-corrected chi connectivity index (χ4v) is 4.46. The summed E-state index contributed by atoms with van der Waals surface area (Å²) in [4.78, 5) is 21.6. The van der Waals surface area contributed by atoms with Crippen LogP contribution < -0.4 is 4.74 Å². The number of pyridine rings is 1. The van der Waals surface area contributed by atoms with Crippen molar-refractivity contribution in [1.29, 1.82) is 0 Å². The lowest BCUT2D eigenvalue weighted by atomic mass is 9.94. The number of likely N-dealkylation sites (tertiary alicyclic amines) is 1. The maximum atomic E-state index is 12.3. The first-order valence-electron chi connectivity index (χ1n) is 9.96. The summed E-state index contributed by atoms with van der Waals surface area (Å²) >= 11 is 0. The summed E-state index contributed by atoms with van der Waals surface area (Å²) in [6.07, 6.45) is 8.51. The molecule has 4 rings (SSSR count). The average Bonchev–Trinajstić information content (AvgIpc) is 3.08. The molecule has 1 unspecified atom stereocenters. The SMILES string of the molecule is O=C1CCCCC2c3ccc(OCCCN4CCCC4)nc3CCN12. The highest BCUT2D eigenvalue weighted by Gasteiger charge is 2.32. The van der Waals surface area contributed by atoms with E-state index in [-0.39, 0.29) is 6.04 Å². The molecule has 2 saturated heterocycles. The lowest BCUT2D eigenvalue weighted by Gasteiger charge is -2.35. The molecule has 3 aliphatic rings. The summed E-state index contributed by atoms with van der Waals surface area (Å²) in [5.74, 6) is 1.06. The van der Waals surface area contributed by atoms with Gasteiger partial charge in [-0.15, -0.1) is 0 Å². The van der Waals surface area contributed by atoms with Crippen LogP contribution in [0.15, 0.2) is 12.1 Å². The predicted octanol–water partition coefficient (Wildman–Crippen LogP) is 2.95. The normalized spacial score (nSPS) is 23.9. The summed E-state index contributed by atoms with van der Waals surface area (Å²) in [6.45, 7) is 5.16. The Balaban J connectivity index is 1.36. The molecule has 5 nitrogen and oxygen atoms in total. The van der Waals surface area contributed by atoms with Gasteiger partial charge in [-0.25, -0.2) is 4.98 Å². The second-order valence-corrected chi connectivity index (χ2v) is 7.53. The Labute approximate surface area is 150 Å². The molecular formula is C20H29N3O2. The van der Waals surface area contributed by atoms with Crippen molar-refractivity contribution in [2.75, 3.05) is 32.8 Å². The van der Waals surface area contributed by atoms with Gasteiger partial charge in [0.05, 0.1) is 18.3 Å². The molecular weight excluding hydrogens is 314 g/mol. The van der Waals surface area contributed by atoms with Crippen LogP contribution in [-0.2, 0) is 11.2 Å². The smallest absolute Gasteiger partial charge is 0.223 e. The lowest BCUT2D eigenvalue weighted by molar-refractivity contribution is -0.133. The number of nitrogens with zero attached hydrogens (tertiary/aromatic N) is 3. The molecule has 1 amide bonds. The van der Waals surface area contributed by atoms with E-state index in [9.17, 15) is 4.79 Å². The van der Waals surface area contributed by atoms with Crippen molar-refractivity contribution < 1.29 is 9.53 Å². The van der Waals surface area contributed by atoms with E-state index in [1.54, 1.807) is 0 Å². The van der Waals surface area contributed by atoms with Crippen LogP contribution in [0.1, 0.15) is 62.2 Å². The monoisotopic (exact) mass is 343 g/mol. The average molecular weight is 343 g/mol. The quantitative estimate of drug-likeness (QED) is 0.771. The van der Waals surface area contributed by atoms with E-state index in [1.165, 1.54) is 31.5 Å². The number of carbonyl (C=O) groups is 1. The molecule has 5 heteroatoms. The molecule has 1 aromatic heterocycles. The maximum absolute atomic E-state index is 12.3. The second-order valence-electron chi connectivity index (χ2n) is 7.53. The molecule has 1 atom stereocenters. The zero-order chi connectivity index (χ0) is 17.1. The highest BCUT2D eigenvalue weighted by molar-refractivity contribution is 5.77. The lowest BCUT2D eigenvalue weighted by Crippen LogP contribution is -2.39. The van der Waals surface area contributed by atoms with Gasteiger partial charge in [0, 0.05) is 32.0 Å². The molecule has 0 saturated carbocycles. The summed E-state index contributed by atoms with van der Waals surface area (Å²) in [7, 11) is 0. The summed E-state index contributed by atoms with van der Waals surface area (Å²) in [5.41, 5.74) is 2.37. The topological polar surface area (TPSA) is 45.7 Å². The number of carbonyl (C=O) groups excluding carboxylic acids is 1. The first-order chi connectivity index (χ1) is 12.3. The van der Waals surface area contributed by atoms with Crippen molar-refractivity contribution in [1.82, 2.24) is 14.8 Å². The largest absolute Gasteiger partial charge is 0.478 e. The van der Waals surface area contributed by atoms with Crippen LogP contribution in [0, 0.1) is 0 Å². The molecule has 0 N–H and O–H groups in total. The summed E-state index contributed by atoms with van der Waals surface area (Å²) < 4.78 is 5.90. The third-order valence-corrected chi connectivity index (χ3v) is 5.81. The van der Waals surface area contributed by atoms with E-state index >= 15 is 0 Å². The van der Waals surface area contributed by atoms with Crippen molar-refractivity contribution in [3.05, 3.63) is 23.4 Å². The summed E-state index contributed by atoms with van der Waals surface area (Å²) in [6, 6.07) is 4.37. The van der Waals surface area contributed by atoms with Gasteiger partial charge in [0.2, 0.25) is 11.8 Å². The van der Waals surface area contributed by atoms with Crippen molar-refractivity contribution in [2.45, 2.75) is 57.4 Å². The molecule has 0 aromatic carbocycles. The number of rotatable bonds is 5. The molecule has 1 aromatic rings. The van der Waals surface area contributed by atoms with Crippen LogP contribution in [0.25, 0.3) is 0 Å². The zero-order valence-electron chi connectivity index (χ0n) is 15.1. The van der Waals surface area contributed by atoms with E-state index < -0.39 is 0 Å². The number of aromatic nitrogens is 1. The molecule has 136 valence electrons. The number of hydrogen-bond acceptors (Lipinski definition) is 4. The standard InChI is InChI=1S/C20H29N3O2/c24-20-7-2-1-6-18-16-8-9-19(21-17(16)10-14-23(18)20)25-15-5-13-22-11-3-4-12-22/h8-9,18H,1-7,10-15H2. The number of amides is 1. The van der Waals surface area contributed by atoms with Gasteiger partial charge in [-0.2, -0.15) is 0 Å². The molecule has 0 aliphatic carbocycles. The Morgan fingerprint density at radius 3 is 2.84 bits per heavy atom. The van der Waals surface area contributed by atoms with Crippen LogP contribution in [0.5, 0.6) is 5.88 Å². The van der Waals surface area contributed by atoms with Gasteiger partial charge in [0.15, 0.2) is 0 Å². The highest BCUT2D eigenvalue weighted by atomic mass is 16.5. The van der Waals surface area contributed by atoms with Crippen molar-refractivity contribution >= 4 is 5.91 Å². The van der Waals surface area contributed by atoms with Crippen LogP contribution in [-0.4, -0.2) is 53.5 Å². The predicted molar refractivity (Wildman–Crippen MR) is 96.6 cm³/mol. The number of fused-ring (bicyclic) bond motifs is 3. The maximum Gasteiger partial charge on any atom is 0.223 e. The first kappa shape index (κ1) is 16.8. The van der Waals surface area contributed by atoms with Crippen LogP contribution in [0.4, 0.5) is 0 Å². The fraction of sp³-hybridized carbons (Fsp3) is 0.700. The third kappa shape index (κ3) is 3.81. The van der Waals surface area contributed by atoms with Gasteiger partial charge in [0.25, 0.3) is 0 Å². The van der Waals surface area contributed by atoms with E-state index in [0.29, 0.717) is 12.3 Å². The minimum atomic E-state index is 0.232. The number of ether oxygens (including phenoxy) is 1. The van der Waals surface area contributed by atoms with Crippen LogP contribution in [0.2, 0.25) is 0 Å². The van der Waals surface area contributed by atoms with Crippen LogP contribution >= 0.6 is 0 Å². The molecule has 4 heterocycles. The molecule has 2 fully saturated rings. The van der Waals surface area contributed by atoms with Gasteiger partial charge in [0.1, 0.15) is 0 Å². The molecule has 3 aliphatic heterocycles. The number of hydrogen-bond donors (Lipinski definition) is 0. The van der Waals surface area contributed by atoms with E-state index in [0.717, 1.165) is 63.4 Å². The van der Waals surface area contributed by atoms with Gasteiger partial charge in [-0.05, 0) is 56.8 Å². The van der Waals surface area contributed by atoms with Gasteiger partial charge >= 0.3 is 0 Å². The Hall–Kier alpha value is -1.62. The molecule has 0 radical (unpaired) electrons. The van der Waals surface area contributed by atoms with Crippen molar-refractivity contribution in [3.63, 3.8) is 0 Å². The van der Waals surface area contributed by atoms with Crippen molar-refractivity contribution in [2.24, 2.45) is 0 Å². The van der Waals surface area contributed by atoms with Gasteiger partial charge < -0.3 is 14.5 Å². The Bertz CT molecular complexity index is 613. The van der Waals surface area contributed by atoms with Gasteiger partial charge in [-0.3, -0.25) is 4.79 Å². The molecule has 0 bridgehead atoms. The highest BCUT2D eigenvalue weighted by Crippen LogP contribution is 2.36. The molecule has 25 heavy (non-hydrogen) atoms. The third-order valence-electron chi connectivity index (χ3n) is 5.81. The van der Waals surface area contributed by atoms with E-state index in [2.05, 4.69) is 15.9 Å². The Morgan fingerprint density at radius 1 is 1.08 bits per heavy atom. The minimum absolute atomic E-state index is 0.232. The zero-order valence-corrected chi connectivity index (χ0v) is 15.1. The fourth-order valence-electron chi connectivity index (χ4n) is 4.46. The Morgan fingerprint density at radius 2 is 1.96 bits per heavy atom. The summed E-state index contributed by atoms with van der Waals surface area (Å²) in [5, 5.41) is 0. The molecule has 0 spiro atoms. The minimum Gasteiger partial charge on any atom is -0.478 e.